The Morgan fingerprint density at radius 3 is 2.72 bits per heavy atom. The molecule has 1 aromatic carbocycles. The second-order valence-electron chi connectivity index (χ2n) is 4.81. The number of halogens is 1. The summed E-state index contributed by atoms with van der Waals surface area (Å²) in [5, 5.41) is 0. The lowest BCUT2D eigenvalue weighted by Gasteiger charge is -2.32. The van der Waals surface area contributed by atoms with Gasteiger partial charge in [0.05, 0.1) is 0 Å². The maximum Gasteiger partial charge on any atom is 0.123 e. The highest BCUT2D eigenvalue weighted by atomic mass is 19.1. The van der Waals surface area contributed by atoms with Crippen LogP contribution in [0.2, 0.25) is 0 Å². The third kappa shape index (κ3) is 3.13. The predicted octanol–water partition coefficient (Wildman–Crippen LogP) is 2.27. The number of ether oxygens (including phenoxy) is 1. The van der Waals surface area contributed by atoms with Gasteiger partial charge in [-0.2, -0.15) is 0 Å². The Bertz CT molecular complexity index is 389. The van der Waals surface area contributed by atoms with Gasteiger partial charge in [0.25, 0.3) is 0 Å². The Morgan fingerprint density at radius 2 is 2.11 bits per heavy atom. The minimum absolute atomic E-state index is 0.124. The van der Waals surface area contributed by atoms with Crippen LogP contribution in [0.1, 0.15) is 18.4 Å². The molecule has 0 atom stereocenters. The van der Waals surface area contributed by atoms with Gasteiger partial charge in [0.2, 0.25) is 0 Å². The summed E-state index contributed by atoms with van der Waals surface area (Å²) in [5.41, 5.74) is 8.15. The number of rotatable bonds is 4. The van der Waals surface area contributed by atoms with Crippen molar-refractivity contribution in [1.82, 2.24) is 0 Å². The molecule has 100 valence electrons. The Kier molecular flexibility index (Phi) is 4.42. The van der Waals surface area contributed by atoms with E-state index in [-0.39, 0.29) is 6.61 Å². The van der Waals surface area contributed by atoms with Gasteiger partial charge in [-0.25, -0.2) is 4.39 Å². The van der Waals surface area contributed by atoms with Crippen molar-refractivity contribution in [2.45, 2.75) is 25.8 Å². The molecular weight excluding hydrogens is 231 g/mol. The lowest BCUT2D eigenvalue weighted by atomic mass is 10.0. The molecule has 1 aromatic rings. The Labute approximate surface area is 108 Å². The van der Waals surface area contributed by atoms with Crippen LogP contribution in [0.5, 0.6) is 5.75 Å². The van der Waals surface area contributed by atoms with Gasteiger partial charge in [-0.3, -0.25) is 0 Å². The molecule has 4 heteroatoms. The average Bonchev–Trinajstić information content (AvgIpc) is 2.38. The second kappa shape index (κ2) is 6.05. The summed E-state index contributed by atoms with van der Waals surface area (Å²) in [5.74, 6) is 0.769. The molecule has 0 saturated carbocycles. The van der Waals surface area contributed by atoms with Crippen molar-refractivity contribution in [3.05, 3.63) is 23.8 Å². The summed E-state index contributed by atoms with van der Waals surface area (Å²) < 4.78 is 17.4. The van der Waals surface area contributed by atoms with Crippen molar-refractivity contribution in [3.63, 3.8) is 0 Å². The van der Waals surface area contributed by atoms with E-state index in [2.05, 4.69) is 11.0 Å². The predicted molar refractivity (Wildman–Crippen MR) is 72.1 cm³/mol. The van der Waals surface area contributed by atoms with Crippen LogP contribution < -0.4 is 15.4 Å². The molecule has 2 N–H and O–H groups in total. The number of alkyl halides is 1. The van der Waals surface area contributed by atoms with E-state index in [0.29, 0.717) is 6.04 Å². The number of anilines is 1. The third-order valence-electron chi connectivity index (χ3n) is 3.40. The summed E-state index contributed by atoms with van der Waals surface area (Å²) in [4.78, 5) is 2.34. The highest BCUT2D eigenvalue weighted by Crippen LogP contribution is 2.26. The molecule has 0 aliphatic carbocycles. The van der Waals surface area contributed by atoms with E-state index in [1.165, 1.54) is 5.69 Å². The Morgan fingerprint density at radius 1 is 1.39 bits per heavy atom. The molecule has 0 radical (unpaired) electrons. The molecule has 1 heterocycles. The molecule has 0 bridgehead atoms. The highest BCUT2D eigenvalue weighted by molar-refractivity contribution is 5.53. The molecule has 1 saturated heterocycles. The van der Waals surface area contributed by atoms with Crippen molar-refractivity contribution in [1.29, 1.82) is 0 Å². The molecule has 2 rings (SSSR count). The van der Waals surface area contributed by atoms with Crippen LogP contribution in [0, 0.1) is 6.92 Å². The third-order valence-corrected chi connectivity index (χ3v) is 3.40. The number of nitrogens with zero attached hydrogens (tertiary/aromatic N) is 1. The molecule has 18 heavy (non-hydrogen) atoms. The summed E-state index contributed by atoms with van der Waals surface area (Å²) in [6, 6.07) is 6.41. The molecule has 0 amide bonds. The number of benzene rings is 1. The van der Waals surface area contributed by atoms with Crippen LogP contribution in [0.25, 0.3) is 0 Å². The first kappa shape index (κ1) is 13.1. The Hall–Kier alpha value is -1.29. The van der Waals surface area contributed by atoms with Gasteiger partial charge in [0, 0.05) is 24.8 Å². The number of piperidine rings is 1. The van der Waals surface area contributed by atoms with Crippen LogP contribution in [0.4, 0.5) is 10.1 Å². The quantitative estimate of drug-likeness (QED) is 0.893. The van der Waals surface area contributed by atoms with Gasteiger partial charge in [-0.1, -0.05) is 0 Å². The van der Waals surface area contributed by atoms with Gasteiger partial charge in [0.15, 0.2) is 0 Å². The number of nitrogens with two attached hydrogens (primary N) is 1. The van der Waals surface area contributed by atoms with Gasteiger partial charge < -0.3 is 15.4 Å². The van der Waals surface area contributed by atoms with Gasteiger partial charge >= 0.3 is 0 Å². The largest absolute Gasteiger partial charge is 0.491 e. The fraction of sp³-hybridized carbons (Fsp3) is 0.571. The first-order chi connectivity index (χ1) is 8.70. The zero-order chi connectivity index (χ0) is 13.0. The molecule has 1 aliphatic rings. The van der Waals surface area contributed by atoms with Crippen molar-refractivity contribution < 1.29 is 9.13 Å². The molecule has 1 fully saturated rings. The highest BCUT2D eigenvalue weighted by Gasteiger charge is 2.16. The van der Waals surface area contributed by atoms with Gasteiger partial charge in [0.1, 0.15) is 19.0 Å². The normalized spacial score (nSPS) is 16.9. The zero-order valence-electron chi connectivity index (χ0n) is 10.9. The van der Waals surface area contributed by atoms with E-state index in [0.717, 1.165) is 37.2 Å². The van der Waals surface area contributed by atoms with Gasteiger partial charge in [-0.05, 0) is 43.5 Å². The molecular formula is C14H21FN2O. The molecule has 0 aromatic heterocycles. The maximum atomic E-state index is 12.1. The van der Waals surface area contributed by atoms with Gasteiger partial charge in [-0.15, -0.1) is 0 Å². The SMILES string of the molecule is Cc1cc(N2CCC(N)CC2)ccc1OCCF. The van der Waals surface area contributed by atoms with E-state index in [9.17, 15) is 4.39 Å². The van der Waals surface area contributed by atoms with Crippen LogP contribution in [0.15, 0.2) is 18.2 Å². The van der Waals surface area contributed by atoms with Crippen molar-refractivity contribution in [2.24, 2.45) is 5.73 Å². The Balaban J connectivity index is 2.04. The zero-order valence-corrected chi connectivity index (χ0v) is 10.9. The average molecular weight is 252 g/mol. The number of hydrogen-bond donors (Lipinski definition) is 1. The molecule has 0 spiro atoms. The summed E-state index contributed by atoms with van der Waals surface area (Å²) in [6.45, 7) is 3.67. The minimum atomic E-state index is -0.453. The lowest BCUT2D eigenvalue weighted by molar-refractivity contribution is 0.272. The first-order valence-corrected chi connectivity index (χ1v) is 6.50. The molecule has 3 nitrogen and oxygen atoms in total. The topological polar surface area (TPSA) is 38.5 Å². The summed E-state index contributed by atoms with van der Waals surface area (Å²) >= 11 is 0. The van der Waals surface area contributed by atoms with E-state index in [1.54, 1.807) is 0 Å². The van der Waals surface area contributed by atoms with E-state index < -0.39 is 6.67 Å². The van der Waals surface area contributed by atoms with Crippen LogP contribution in [-0.2, 0) is 0 Å². The fourth-order valence-corrected chi connectivity index (χ4v) is 2.30. The van der Waals surface area contributed by atoms with E-state index in [4.69, 9.17) is 10.5 Å². The van der Waals surface area contributed by atoms with Crippen LogP contribution in [0.3, 0.4) is 0 Å². The van der Waals surface area contributed by atoms with Crippen LogP contribution in [-0.4, -0.2) is 32.4 Å². The second-order valence-corrected chi connectivity index (χ2v) is 4.81. The smallest absolute Gasteiger partial charge is 0.123 e. The number of hydrogen-bond acceptors (Lipinski definition) is 3. The van der Waals surface area contributed by atoms with Crippen molar-refractivity contribution in [2.75, 3.05) is 31.3 Å². The first-order valence-electron chi connectivity index (χ1n) is 6.50. The van der Waals surface area contributed by atoms with Crippen molar-refractivity contribution in [3.8, 4) is 5.75 Å². The lowest BCUT2D eigenvalue weighted by Crippen LogP contribution is -2.39. The van der Waals surface area contributed by atoms with E-state index in [1.807, 2.05) is 19.1 Å². The number of aryl methyl sites for hydroxylation is 1. The summed E-state index contributed by atoms with van der Waals surface area (Å²) in [6.07, 6.45) is 2.08. The summed E-state index contributed by atoms with van der Waals surface area (Å²) in [7, 11) is 0. The fourth-order valence-electron chi connectivity index (χ4n) is 2.30. The maximum absolute atomic E-state index is 12.1. The minimum Gasteiger partial charge on any atom is -0.491 e. The van der Waals surface area contributed by atoms with E-state index >= 15 is 0 Å². The molecule has 0 unspecified atom stereocenters. The molecule has 1 aliphatic heterocycles. The standard InChI is InChI=1S/C14H21FN2O/c1-11-10-13(2-3-14(11)18-9-6-15)17-7-4-12(16)5-8-17/h2-3,10,12H,4-9,16H2,1H3. The van der Waals surface area contributed by atoms with Crippen molar-refractivity contribution >= 4 is 5.69 Å². The van der Waals surface area contributed by atoms with Crippen LogP contribution >= 0.6 is 0 Å². The monoisotopic (exact) mass is 252 g/mol.